The zero-order chi connectivity index (χ0) is 15.0. The van der Waals surface area contributed by atoms with Gasteiger partial charge in [0.05, 0.1) is 0 Å². The number of fused-ring (bicyclic) bond motifs is 1. The van der Waals surface area contributed by atoms with E-state index in [0.717, 1.165) is 16.6 Å². The predicted octanol–water partition coefficient (Wildman–Crippen LogP) is 3.15. The summed E-state index contributed by atoms with van der Waals surface area (Å²) in [7, 11) is 0. The zero-order valence-electron chi connectivity index (χ0n) is 12.4. The number of hydrogen-bond acceptors (Lipinski definition) is 3. The van der Waals surface area contributed by atoms with Gasteiger partial charge in [-0.05, 0) is 60.4 Å². The average Bonchev–Trinajstić information content (AvgIpc) is 2.46. The van der Waals surface area contributed by atoms with Crippen molar-refractivity contribution in [2.24, 2.45) is 5.73 Å². The summed E-state index contributed by atoms with van der Waals surface area (Å²) >= 11 is 8.67. The Labute approximate surface area is 140 Å². The number of hydrogen-bond donors (Lipinski definition) is 1. The van der Waals surface area contributed by atoms with Crippen LogP contribution >= 0.6 is 28.1 Å². The minimum atomic E-state index is 0.443. The van der Waals surface area contributed by atoms with Crippen molar-refractivity contribution in [3.8, 4) is 0 Å². The maximum absolute atomic E-state index is 5.74. The Balaban J connectivity index is 1.82. The lowest BCUT2D eigenvalue weighted by atomic mass is 9.96. The number of benzene rings is 1. The lowest BCUT2D eigenvalue weighted by Crippen LogP contribution is -2.58. The van der Waals surface area contributed by atoms with Crippen molar-refractivity contribution in [1.82, 2.24) is 4.90 Å². The molecule has 3 rings (SSSR count). The first-order valence-corrected chi connectivity index (χ1v) is 8.86. The first kappa shape index (κ1) is 15.3. The molecule has 0 radical (unpaired) electrons. The van der Waals surface area contributed by atoms with E-state index in [1.807, 2.05) is 6.07 Å². The fourth-order valence-electron chi connectivity index (χ4n) is 3.59. The molecule has 0 saturated carbocycles. The van der Waals surface area contributed by atoms with E-state index in [9.17, 15) is 0 Å². The molecule has 2 aliphatic rings. The number of piperazine rings is 1. The molecular weight excluding hydrogens is 346 g/mol. The average molecular weight is 368 g/mol. The maximum atomic E-state index is 5.74. The highest BCUT2D eigenvalue weighted by atomic mass is 79.9. The normalized spacial score (nSPS) is 26.5. The van der Waals surface area contributed by atoms with Gasteiger partial charge in [-0.15, -0.1) is 0 Å². The smallest absolute Gasteiger partial charge is 0.105 e. The molecular formula is C16H22BrN3S. The van der Waals surface area contributed by atoms with Crippen LogP contribution in [0.25, 0.3) is 0 Å². The van der Waals surface area contributed by atoms with E-state index in [2.05, 4.69) is 44.8 Å². The van der Waals surface area contributed by atoms with Gasteiger partial charge < -0.3 is 10.6 Å². The van der Waals surface area contributed by atoms with Crippen LogP contribution in [0.4, 0.5) is 5.69 Å². The van der Waals surface area contributed by atoms with E-state index < -0.39 is 0 Å². The molecule has 5 heteroatoms. The summed E-state index contributed by atoms with van der Waals surface area (Å²) in [5, 5.41) is 0. The van der Waals surface area contributed by atoms with Crippen molar-refractivity contribution in [3.05, 3.63) is 28.2 Å². The summed E-state index contributed by atoms with van der Waals surface area (Å²) in [6, 6.07) is 7.59. The van der Waals surface area contributed by atoms with E-state index in [0.29, 0.717) is 17.1 Å². The zero-order valence-corrected chi connectivity index (χ0v) is 14.8. The molecule has 2 N–H and O–H groups in total. The Bertz CT molecular complexity index is 548. The Morgan fingerprint density at radius 2 is 2.14 bits per heavy atom. The number of thiocarbonyl (C=S) groups is 1. The van der Waals surface area contributed by atoms with Gasteiger partial charge in [0.25, 0.3) is 0 Å². The van der Waals surface area contributed by atoms with Crippen LogP contribution in [0.1, 0.15) is 31.7 Å². The van der Waals surface area contributed by atoms with Crippen LogP contribution in [0.3, 0.4) is 0 Å². The van der Waals surface area contributed by atoms with Crippen LogP contribution in [-0.2, 0) is 0 Å². The SMILES string of the molecule is CC1CN2CCCCC2CN1c1ccc(C(N)=S)c(Br)c1. The highest BCUT2D eigenvalue weighted by Crippen LogP contribution is 2.30. The summed E-state index contributed by atoms with van der Waals surface area (Å²) in [6.07, 6.45) is 4.06. The number of nitrogens with zero attached hydrogens (tertiary/aromatic N) is 2. The molecule has 2 unspecified atom stereocenters. The van der Waals surface area contributed by atoms with E-state index in [1.165, 1.54) is 38.0 Å². The van der Waals surface area contributed by atoms with Crippen molar-refractivity contribution in [1.29, 1.82) is 0 Å². The van der Waals surface area contributed by atoms with Crippen molar-refractivity contribution < 1.29 is 0 Å². The van der Waals surface area contributed by atoms with E-state index in [4.69, 9.17) is 18.0 Å². The summed E-state index contributed by atoms with van der Waals surface area (Å²) in [5.41, 5.74) is 7.92. The van der Waals surface area contributed by atoms with Crippen LogP contribution in [0.2, 0.25) is 0 Å². The number of rotatable bonds is 2. The second kappa shape index (κ2) is 6.23. The Morgan fingerprint density at radius 3 is 2.86 bits per heavy atom. The van der Waals surface area contributed by atoms with Gasteiger partial charge in [0.2, 0.25) is 0 Å². The van der Waals surface area contributed by atoms with Crippen LogP contribution < -0.4 is 10.6 Å². The van der Waals surface area contributed by atoms with E-state index in [-0.39, 0.29) is 0 Å². The molecule has 3 nitrogen and oxygen atoms in total. The van der Waals surface area contributed by atoms with Crippen LogP contribution in [0, 0.1) is 0 Å². The number of halogens is 1. The maximum Gasteiger partial charge on any atom is 0.105 e. The van der Waals surface area contributed by atoms with Gasteiger partial charge in [-0.1, -0.05) is 18.6 Å². The quantitative estimate of drug-likeness (QED) is 0.813. The van der Waals surface area contributed by atoms with E-state index in [1.54, 1.807) is 0 Å². The lowest BCUT2D eigenvalue weighted by Gasteiger charge is -2.48. The molecule has 2 aliphatic heterocycles. The molecule has 1 aromatic carbocycles. The molecule has 0 amide bonds. The van der Waals surface area contributed by atoms with Crippen molar-refractivity contribution in [2.75, 3.05) is 24.5 Å². The minimum absolute atomic E-state index is 0.443. The third kappa shape index (κ3) is 3.10. The van der Waals surface area contributed by atoms with E-state index >= 15 is 0 Å². The first-order valence-electron chi connectivity index (χ1n) is 7.66. The van der Waals surface area contributed by atoms with Crippen LogP contribution in [-0.4, -0.2) is 41.6 Å². The van der Waals surface area contributed by atoms with Crippen molar-refractivity contribution >= 4 is 38.8 Å². The predicted molar refractivity (Wildman–Crippen MR) is 96.0 cm³/mol. The largest absolute Gasteiger partial charge is 0.389 e. The summed E-state index contributed by atoms with van der Waals surface area (Å²) in [5.74, 6) is 0. The highest BCUT2D eigenvalue weighted by molar-refractivity contribution is 9.10. The molecule has 2 atom stereocenters. The number of piperidine rings is 1. The van der Waals surface area contributed by atoms with Crippen molar-refractivity contribution in [2.45, 2.75) is 38.3 Å². The molecule has 0 bridgehead atoms. The Morgan fingerprint density at radius 1 is 1.33 bits per heavy atom. The van der Waals surface area contributed by atoms with Gasteiger partial charge in [-0.3, -0.25) is 4.90 Å². The Hall–Kier alpha value is -0.650. The first-order chi connectivity index (χ1) is 10.1. The molecule has 0 aliphatic carbocycles. The van der Waals surface area contributed by atoms with Crippen molar-refractivity contribution in [3.63, 3.8) is 0 Å². The van der Waals surface area contributed by atoms with Gasteiger partial charge in [-0.25, -0.2) is 0 Å². The number of nitrogens with two attached hydrogens (primary N) is 1. The highest BCUT2D eigenvalue weighted by Gasteiger charge is 2.33. The fraction of sp³-hybridized carbons (Fsp3) is 0.562. The molecule has 0 spiro atoms. The molecule has 2 heterocycles. The standard InChI is InChI=1S/C16H22BrN3S/c1-11-9-19-7-3-2-4-13(19)10-20(11)12-5-6-14(16(18)21)15(17)8-12/h5-6,8,11,13H,2-4,7,9-10H2,1H3,(H2,18,21). The van der Waals surface area contributed by atoms with Gasteiger partial charge in [0.15, 0.2) is 0 Å². The summed E-state index contributed by atoms with van der Waals surface area (Å²) < 4.78 is 0.991. The summed E-state index contributed by atoms with van der Waals surface area (Å²) in [6.45, 7) is 5.88. The molecule has 2 saturated heterocycles. The molecule has 1 aromatic rings. The topological polar surface area (TPSA) is 32.5 Å². The second-order valence-electron chi connectivity index (χ2n) is 6.17. The third-order valence-corrected chi connectivity index (χ3v) is 5.61. The number of anilines is 1. The molecule has 114 valence electrons. The molecule has 21 heavy (non-hydrogen) atoms. The van der Waals surface area contributed by atoms with Gasteiger partial charge in [-0.2, -0.15) is 0 Å². The minimum Gasteiger partial charge on any atom is -0.389 e. The molecule has 2 fully saturated rings. The Kier molecular flexibility index (Phi) is 4.52. The fourth-order valence-corrected chi connectivity index (χ4v) is 4.48. The summed E-state index contributed by atoms with van der Waals surface area (Å²) in [4.78, 5) is 5.64. The third-order valence-electron chi connectivity index (χ3n) is 4.74. The van der Waals surface area contributed by atoms with Gasteiger partial charge in [0.1, 0.15) is 4.99 Å². The molecule has 0 aromatic heterocycles. The van der Waals surface area contributed by atoms with Crippen LogP contribution in [0.15, 0.2) is 22.7 Å². The second-order valence-corrected chi connectivity index (χ2v) is 7.47. The van der Waals surface area contributed by atoms with Gasteiger partial charge in [0, 0.05) is 40.9 Å². The monoisotopic (exact) mass is 367 g/mol. The van der Waals surface area contributed by atoms with Gasteiger partial charge >= 0.3 is 0 Å². The lowest BCUT2D eigenvalue weighted by molar-refractivity contribution is 0.115. The van der Waals surface area contributed by atoms with Crippen LogP contribution in [0.5, 0.6) is 0 Å².